The molecule has 0 aliphatic rings. The van der Waals surface area contributed by atoms with Crippen LogP contribution in [-0.4, -0.2) is 36.5 Å². The van der Waals surface area contributed by atoms with E-state index in [-0.39, 0.29) is 17.9 Å². The molecule has 0 saturated heterocycles. The van der Waals surface area contributed by atoms with Gasteiger partial charge in [-0.2, -0.15) is 5.26 Å². The van der Waals surface area contributed by atoms with Gasteiger partial charge in [-0.1, -0.05) is 20.3 Å². The van der Waals surface area contributed by atoms with Crippen LogP contribution in [0.15, 0.2) is 0 Å². The number of hydrogen-bond donors (Lipinski definition) is 1. The van der Waals surface area contributed by atoms with E-state index in [0.717, 1.165) is 19.4 Å². The van der Waals surface area contributed by atoms with Crippen molar-refractivity contribution in [2.75, 3.05) is 19.6 Å². The van der Waals surface area contributed by atoms with Gasteiger partial charge >= 0.3 is 0 Å². The molecule has 2 atom stereocenters. The summed E-state index contributed by atoms with van der Waals surface area (Å²) in [6.45, 7) is 9.85. The summed E-state index contributed by atoms with van der Waals surface area (Å²) in [4.78, 5) is 13.7. The Morgan fingerprint density at radius 3 is 2.53 bits per heavy atom. The molecule has 0 spiro atoms. The summed E-state index contributed by atoms with van der Waals surface area (Å²) in [6, 6.07) is 2.43. The summed E-state index contributed by atoms with van der Waals surface area (Å²) in [5, 5.41) is 11.7. The lowest BCUT2D eigenvalue weighted by molar-refractivity contribution is -0.122. The topological polar surface area (TPSA) is 56.1 Å². The highest BCUT2D eigenvalue weighted by atomic mass is 16.2. The highest BCUT2D eigenvalue weighted by molar-refractivity contribution is 5.78. The molecule has 98 valence electrons. The zero-order chi connectivity index (χ0) is 13.3. The third kappa shape index (κ3) is 7.76. The second kappa shape index (κ2) is 9.00. The third-order valence-electron chi connectivity index (χ3n) is 2.70. The molecule has 0 radical (unpaired) electrons. The second-order valence-corrected chi connectivity index (χ2v) is 4.62. The molecule has 0 bridgehead atoms. The van der Waals surface area contributed by atoms with E-state index in [9.17, 15) is 4.79 Å². The maximum atomic E-state index is 11.7. The fourth-order valence-electron chi connectivity index (χ4n) is 1.76. The molecule has 0 aromatic heterocycles. The minimum atomic E-state index is -0.0317. The van der Waals surface area contributed by atoms with Gasteiger partial charge in [-0.25, -0.2) is 0 Å². The maximum absolute atomic E-state index is 11.7. The molecule has 0 heterocycles. The van der Waals surface area contributed by atoms with E-state index >= 15 is 0 Å². The minimum absolute atomic E-state index is 0.0317. The van der Waals surface area contributed by atoms with Gasteiger partial charge in [0, 0.05) is 12.6 Å². The summed E-state index contributed by atoms with van der Waals surface area (Å²) in [5.41, 5.74) is 0. The lowest BCUT2D eigenvalue weighted by Gasteiger charge is -2.22. The fourth-order valence-corrected chi connectivity index (χ4v) is 1.76. The number of likely N-dealkylation sites (N-methyl/N-ethyl adjacent to an activating group) is 1. The summed E-state index contributed by atoms with van der Waals surface area (Å²) in [7, 11) is 0. The standard InChI is InChI=1S/C13H25N3O/c1-5-7-12(4)15-13(17)10-16(6-2)9-11(3)8-14/h11-12H,5-7,9-10H2,1-4H3,(H,15,17). The van der Waals surface area contributed by atoms with Gasteiger partial charge in [-0.05, 0) is 26.8 Å². The van der Waals surface area contributed by atoms with Crippen LogP contribution in [0.5, 0.6) is 0 Å². The summed E-state index contributed by atoms with van der Waals surface area (Å²) in [5.74, 6) is 0.0220. The maximum Gasteiger partial charge on any atom is 0.234 e. The molecule has 0 rings (SSSR count). The van der Waals surface area contributed by atoms with Crippen LogP contribution in [0.1, 0.15) is 40.5 Å². The Hall–Kier alpha value is -1.08. The Bertz CT molecular complexity index is 260. The molecule has 17 heavy (non-hydrogen) atoms. The summed E-state index contributed by atoms with van der Waals surface area (Å²) in [6.07, 6.45) is 2.08. The SMILES string of the molecule is CCCC(C)NC(=O)CN(CC)CC(C)C#N. The predicted molar refractivity (Wildman–Crippen MR) is 69.4 cm³/mol. The van der Waals surface area contributed by atoms with Crippen LogP contribution in [-0.2, 0) is 4.79 Å². The smallest absolute Gasteiger partial charge is 0.234 e. The van der Waals surface area contributed by atoms with E-state index in [1.165, 1.54) is 0 Å². The van der Waals surface area contributed by atoms with E-state index in [1.54, 1.807) is 0 Å². The Morgan fingerprint density at radius 1 is 1.41 bits per heavy atom. The van der Waals surface area contributed by atoms with Crippen LogP contribution in [0.25, 0.3) is 0 Å². The van der Waals surface area contributed by atoms with Crippen LogP contribution >= 0.6 is 0 Å². The largest absolute Gasteiger partial charge is 0.353 e. The van der Waals surface area contributed by atoms with Crippen molar-refractivity contribution in [3.63, 3.8) is 0 Å². The van der Waals surface area contributed by atoms with Crippen molar-refractivity contribution >= 4 is 5.91 Å². The first kappa shape index (κ1) is 15.9. The number of rotatable bonds is 8. The zero-order valence-electron chi connectivity index (χ0n) is 11.5. The molecule has 0 aliphatic heterocycles. The number of carbonyl (C=O) groups is 1. The molecule has 0 saturated carbocycles. The molecule has 0 aromatic rings. The highest BCUT2D eigenvalue weighted by Crippen LogP contribution is 1.99. The summed E-state index contributed by atoms with van der Waals surface area (Å²) < 4.78 is 0. The molecule has 0 fully saturated rings. The Morgan fingerprint density at radius 2 is 2.06 bits per heavy atom. The number of nitrogens with zero attached hydrogens (tertiary/aromatic N) is 2. The Balaban J connectivity index is 4.02. The van der Waals surface area contributed by atoms with Crippen molar-refractivity contribution in [2.24, 2.45) is 5.92 Å². The quantitative estimate of drug-likeness (QED) is 0.702. The Kier molecular flexibility index (Phi) is 8.43. The van der Waals surface area contributed by atoms with Crippen LogP contribution in [0, 0.1) is 17.2 Å². The molecular formula is C13H25N3O. The minimum Gasteiger partial charge on any atom is -0.353 e. The van der Waals surface area contributed by atoms with Gasteiger partial charge in [-0.3, -0.25) is 9.69 Å². The first-order valence-electron chi connectivity index (χ1n) is 6.44. The molecular weight excluding hydrogens is 214 g/mol. The molecule has 4 nitrogen and oxygen atoms in total. The van der Waals surface area contributed by atoms with Gasteiger partial charge in [0.15, 0.2) is 0 Å². The van der Waals surface area contributed by atoms with Crippen LogP contribution in [0.2, 0.25) is 0 Å². The first-order valence-corrected chi connectivity index (χ1v) is 6.44. The number of hydrogen-bond acceptors (Lipinski definition) is 3. The van der Waals surface area contributed by atoms with Crippen molar-refractivity contribution in [1.29, 1.82) is 5.26 Å². The number of nitriles is 1. The Labute approximate surface area is 105 Å². The van der Waals surface area contributed by atoms with Crippen molar-refractivity contribution in [3.8, 4) is 6.07 Å². The first-order chi connectivity index (χ1) is 8.03. The van der Waals surface area contributed by atoms with E-state index in [1.807, 2.05) is 25.7 Å². The fraction of sp³-hybridized carbons (Fsp3) is 0.846. The average molecular weight is 239 g/mol. The van der Waals surface area contributed by atoms with Crippen LogP contribution < -0.4 is 5.32 Å². The molecule has 1 N–H and O–H groups in total. The number of carbonyl (C=O) groups excluding carboxylic acids is 1. The zero-order valence-corrected chi connectivity index (χ0v) is 11.5. The molecule has 2 unspecified atom stereocenters. The van der Waals surface area contributed by atoms with Crippen molar-refractivity contribution < 1.29 is 4.79 Å². The van der Waals surface area contributed by atoms with Gasteiger partial charge in [0.1, 0.15) is 0 Å². The van der Waals surface area contributed by atoms with E-state index in [2.05, 4.69) is 18.3 Å². The van der Waals surface area contributed by atoms with Crippen LogP contribution in [0.4, 0.5) is 0 Å². The predicted octanol–water partition coefficient (Wildman–Crippen LogP) is 1.77. The van der Waals surface area contributed by atoms with Gasteiger partial charge in [0.2, 0.25) is 5.91 Å². The number of nitrogens with one attached hydrogen (secondary N) is 1. The lowest BCUT2D eigenvalue weighted by Crippen LogP contribution is -2.42. The molecule has 4 heteroatoms. The highest BCUT2D eigenvalue weighted by Gasteiger charge is 2.13. The third-order valence-corrected chi connectivity index (χ3v) is 2.70. The summed E-state index contributed by atoms with van der Waals surface area (Å²) >= 11 is 0. The normalized spacial score (nSPS) is 14.1. The van der Waals surface area contributed by atoms with Gasteiger partial charge in [0.25, 0.3) is 0 Å². The molecule has 1 amide bonds. The van der Waals surface area contributed by atoms with Gasteiger partial charge in [0.05, 0.1) is 18.5 Å². The van der Waals surface area contributed by atoms with E-state index < -0.39 is 0 Å². The number of amides is 1. The molecule has 0 aliphatic carbocycles. The lowest BCUT2D eigenvalue weighted by atomic mass is 10.2. The van der Waals surface area contributed by atoms with Gasteiger partial charge in [-0.15, -0.1) is 0 Å². The average Bonchev–Trinajstić information content (AvgIpc) is 2.27. The second-order valence-electron chi connectivity index (χ2n) is 4.62. The van der Waals surface area contributed by atoms with Crippen molar-refractivity contribution in [2.45, 2.75) is 46.6 Å². The van der Waals surface area contributed by atoms with Gasteiger partial charge < -0.3 is 5.32 Å². The van der Waals surface area contributed by atoms with Crippen molar-refractivity contribution in [3.05, 3.63) is 0 Å². The van der Waals surface area contributed by atoms with E-state index in [0.29, 0.717) is 13.1 Å². The van der Waals surface area contributed by atoms with Crippen LogP contribution in [0.3, 0.4) is 0 Å². The van der Waals surface area contributed by atoms with Crippen molar-refractivity contribution in [1.82, 2.24) is 10.2 Å². The van der Waals surface area contributed by atoms with E-state index in [4.69, 9.17) is 5.26 Å². The monoisotopic (exact) mass is 239 g/mol. The molecule has 0 aromatic carbocycles.